The Hall–Kier alpha value is -2.46. The van der Waals surface area contributed by atoms with Crippen LogP contribution in [0, 0.1) is 0 Å². The van der Waals surface area contributed by atoms with Crippen LogP contribution in [0.2, 0.25) is 0 Å². The number of sulfonamides is 1. The number of amides is 1. The summed E-state index contributed by atoms with van der Waals surface area (Å²) in [5, 5.41) is 21.4. The monoisotopic (exact) mass is 492 g/mol. The molecule has 0 aliphatic carbocycles. The van der Waals surface area contributed by atoms with E-state index in [4.69, 9.17) is 4.84 Å². The maximum Gasteiger partial charge on any atom is 0.408 e. The second kappa shape index (κ2) is 10.9. The van der Waals surface area contributed by atoms with Gasteiger partial charge in [-0.3, -0.25) is 9.74 Å². The summed E-state index contributed by atoms with van der Waals surface area (Å²) < 4.78 is 27.5. The normalized spacial score (nSPS) is 14.6. The third-order valence-corrected chi connectivity index (χ3v) is 6.64. The van der Waals surface area contributed by atoms with Gasteiger partial charge in [-0.2, -0.15) is 0 Å². The first-order chi connectivity index (χ1) is 15.6. The molecule has 0 aromatic heterocycles. The molecule has 9 heteroatoms. The third-order valence-electron chi connectivity index (χ3n) is 5.01. The number of benzene rings is 2. The number of hydroxylamine groups is 1. The van der Waals surface area contributed by atoms with Crippen molar-refractivity contribution in [3.8, 4) is 0 Å². The quantitative estimate of drug-likeness (QED) is 0.509. The summed E-state index contributed by atoms with van der Waals surface area (Å²) in [4.78, 5) is 19.2. The SMILES string of the molecule is CC(C)(C)ON(C[C@@H](O)[C@H](Cc1ccccc1)N(C(=O)O)C(C)(C)C)S(=O)(=O)c1ccccc1. The summed E-state index contributed by atoms with van der Waals surface area (Å²) in [5.41, 5.74) is -0.913. The van der Waals surface area contributed by atoms with Crippen LogP contribution in [0.1, 0.15) is 47.1 Å². The van der Waals surface area contributed by atoms with Gasteiger partial charge in [-0.15, -0.1) is 0 Å². The zero-order valence-electron chi connectivity index (χ0n) is 20.7. The fourth-order valence-corrected chi connectivity index (χ4v) is 5.06. The van der Waals surface area contributed by atoms with Gasteiger partial charge in [-0.25, -0.2) is 13.2 Å². The van der Waals surface area contributed by atoms with Gasteiger partial charge in [0.25, 0.3) is 10.0 Å². The van der Waals surface area contributed by atoms with Gasteiger partial charge in [0.2, 0.25) is 0 Å². The molecule has 2 N–H and O–H groups in total. The molecule has 0 spiro atoms. The molecule has 2 aromatic rings. The number of aliphatic hydroxyl groups excluding tert-OH is 1. The molecule has 0 heterocycles. The average molecular weight is 493 g/mol. The summed E-state index contributed by atoms with van der Waals surface area (Å²) in [5.74, 6) is 0. The minimum absolute atomic E-state index is 0.0111. The summed E-state index contributed by atoms with van der Waals surface area (Å²) in [6, 6.07) is 16.0. The van der Waals surface area contributed by atoms with Crippen LogP contribution in [0.15, 0.2) is 65.6 Å². The summed E-state index contributed by atoms with van der Waals surface area (Å²) in [7, 11) is -4.13. The lowest BCUT2D eigenvalue weighted by atomic mass is 9.95. The van der Waals surface area contributed by atoms with E-state index in [0.717, 1.165) is 10.0 Å². The average Bonchev–Trinajstić information content (AvgIpc) is 2.72. The second-order valence-corrected chi connectivity index (χ2v) is 12.0. The molecule has 0 saturated heterocycles. The van der Waals surface area contributed by atoms with E-state index in [2.05, 4.69) is 0 Å². The zero-order valence-corrected chi connectivity index (χ0v) is 21.5. The van der Waals surface area contributed by atoms with E-state index in [1.165, 1.54) is 17.0 Å². The van der Waals surface area contributed by atoms with Crippen LogP contribution in [0.25, 0.3) is 0 Å². The molecule has 0 aliphatic rings. The first-order valence-corrected chi connectivity index (χ1v) is 12.6. The number of nitrogens with zero attached hydrogens (tertiary/aromatic N) is 2. The van der Waals surface area contributed by atoms with E-state index >= 15 is 0 Å². The smallest absolute Gasteiger partial charge is 0.408 e. The van der Waals surface area contributed by atoms with Crippen molar-refractivity contribution in [3.63, 3.8) is 0 Å². The molecule has 0 radical (unpaired) electrons. The maximum atomic E-state index is 13.4. The molecule has 2 atom stereocenters. The topological polar surface area (TPSA) is 107 Å². The fourth-order valence-electron chi connectivity index (χ4n) is 3.66. The van der Waals surface area contributed by atoms with E-state index < -0.39 is 45.9 Å². The summed E-state index contributed by atoms with van der Waals surface area (Å²) in [6.45, 7) is 9.85. The standard InChI is InChI=1S/C25H36N2O6S/c1-24(2,3)27(23(29)30)21(17-19-13-9-7-10-14-19)22(28)18-26(33-25(4,5)6)34(31,32)20-15-11-8-12-16-20/h7-16,21-22,28H,17-18H2,1-6H3,(H,29,30)/t21-,22+/m0/s1. The van der Waals surface area contributed by atoms with Gasteiger partial charge in [0.05, 0.1) is 29.2 Å². The highest BCUT2D eigenvalue weighted by Crippen LogP contribution is 2.26. The molecular formula is C25H36N2O6S. The number of hydrogen-bond donors (Lipinski definition) is 2. The van der Waals surface area contributed by atoms with Gasteiger partial charge in [-0.1, -0.05) is 53.0 Å². The molecule has 1 amide bonds. The predicted octanol–water partition coefficient (Wildman–Crippen LogP) is 4.16. The van der Waals surface area contributed by atoms with Crippen molar-refractivity contribution in [1.82, 2.24) is 9.37 Å². The van der Waals surface area contributed by atoms with E-state index in [1.54, 1.807) is 59.7 Å². The minimum atomic E-state index is -4.13. The molecule has 0 saturated carbocycles. The molecule has 0 aliphatic heterocycles. The van der Waals surface area contributed by atoms with Gasteiger partial charge < -0.3 is 10.2 Å². The molecular weight excluding hydrogens is 456 g/mol. The molecule has 34 heavy (non-hydrogen) atoms. The van der Waals surface area contributed by atoms with Gasteiger partial charge in [0.1, 0.15) is 0 Å². The lowest BCUT2D eigenvalue weighted by Crippen LogP contribution is -2.58. The van der Waals surface area contributed by atoms with Crippen molar-refractivity contribution in [1.29, 1.82) is 0 Å². The van der Waals surface area contributed by atoms with E-state index in [9.17, 15) is 23.4 Å². The second-order valence-electron chi connectivity index (χ2n) is 10.2. The Labute approximate surface area is 202 Å². The Morgan fingerprint density at radius 2 is 1.44 bits per heavy atom. The predicted molar refractivity (Wildman–Crippen MR) is 131 cm³/mol. The number of carbonyl (C=O) groups is 1. The fraction of sp³-hybridized carbons (Fsp3) is 0.480. The van der Waals surface area contributed by atoms with Crippen molar-refractivity contribution in [2.75, 3.05) is 6.54 Å². The molecule has 2 rings (SSSR count). The van der Waals surface area contributed by atoms with Crippen LogP contribution in [-0.2, 0) is 21.3 Å². The zero-order chi connectivity index (χ0) is 25.7. The minimum Gasteiger partial charge on any atom is -0.465 e. The van der Waals surface area contributed by atoms with Crippen molar-refractivity contribution in [2.45, 2.75) is 76.1 Å². The first kappa shape index (κ1) is 27.8. The lowest BCUT2D eigenvalue weighted by molar-refractivity contribution is -0.184. The van der Waals surface area contributed by atoms with Crippen LogP contribution in [-0.4, -0.2) is 63.9 Å². The Bertz CT molecular complexity index is 1030. The van der Waals surface area contributed by atoms with E-state index in [-0.39, 0.29) is 11.3 Å². The van der Waals surface area contributed by atoms with Gasteiger partial charge >= 0.3 is 6.09 Å². The molecule has 0 unspecified atom stereocenters. The van der Waals surface area contributed by atoms with E-state index in [1.807, 2.05) is 30.3 Å². The summed E-state index contributed by atoms with van der Waals surface area (Å²) >= 11 is 0. The molecule has 2 aromatic carbocycles. The number of rotatable bonds is 9. The summed E-state index contributed by atoms with van der Waals surface area (Å²) in [6.07, 6.45) is -2.39. The highest BCUT2D eigenvalue weighted by atomic mass is 32.2. The Morgan fingerprint density at radius 3 is 1.88 bits per heavy atom. The van der Waals surface area contributed by atoms with Crippen LogP contribution >= 0.6 is 0 Å². The van der Waals surface area contributed by atoms with Crippen LogP contribution in [0.5, 0.6) is 0 Å². The largest absolute Gasteiger partial charge is 0.465 e. The maximum absolute atomic E-state index is 13.4. The molecule has 0 bridgehead atoms. The van der Waals surface area contributed by atoms with Crippen molar-refractivity contribution >= 4 is 16.1 Å². The Balaban J connectivity index is 2.49. The lowest BCUT2D eigenvalue weighted by Gasteiger charge is -2.42. The van der Waals surface area contributed by atoms with Crippen molar-refractivity contribution in [3.05, 3.63) is 66.2 Å². The number of aliphatic hydroxyl groups is 1. The Kier molecular flexibility index (Phi) is 8.87. The molecule has 188 valence electrons. The highest BCUT2D eigenvalue weighted by molar-refractivity contribution is 7.89. The first-order valence-electron chi connectivity index (χ1n) is 11.1. The molecule has 0 fully saturated rings. The highest BCUT2D eigenvalue weighted by Gasteiger charge is 2.40. The molecule has 8 nitrogen and oxygen atoms in total. The van der Waals surface area contributed by atoms with Gasteiger partial charge in [-0.05, 0) is 65.7 Å². The van der Waals surface area contributed by atoms with Crippen LogP contribution < -0.4 is 0 Å². The third kappa shape index (κ3) is 7.53. The number of hydrogen-bond acceptors (Lipinski definition) is 5. The van der Waals surface area contributed by atoms with Crippen LogP contribution in [0.4, 0.5) is 4.79 Å². The van der Waals surface area contributed by atoms with E-state index in [0.29, 0.717) is 0 Å². The van der Waals surface area contributed by atoms with Crippen molar-refractivity contribution in [2.24, 2.45) is 0 Å². The number of carboxylic acid groups (broad SMARTS) is 1. The Morgan fingerprint density at radius 1 is 0.941 bits per heavy atom. The van der Waals surface area contributed by atoms with Gasteiger partial charge in [0.15, 0.2) is 0 Å². The van der Waals surface area contributed by atoms with Crippen LogP contribution in [0.3, 0.4) is 0 Å². The van der Waals surface area contributed by atoms with Gasteiger partial charge in [0, 0.05) is 5.54 Å². The van der Waals surface area contributed by atoms with Crippen molar-refractivity contribution < 1.29 is 28.3 Å².